The van der Waals surface area contributed by atoms with Crippen LogP contribution in [0.5, 0.6) is 5.75 Å². The maximum atomic E-state index is 13.0. The molecule has 31 heavy (non-hydrogen) atoms. The van der Waals surface area contributed by atoms with Crippen LogP contribution >= 0.6 is 0 Å². The van der Waals surface area contributed by atoms with E-state index in [0.717, 1.165) is 17.7 Å². The van der Waals surface area contributed by atoms with Gasteiger partial charge in [0, 0.05) is 19.0 Å². The monoisotopic (exact) mass is 424 g/mol. The average Bonchev–Trinajstić information content (AvgIpc) is 2.78. The van der Waals surface area contributed by atoms with Crippen molar-refractivity contribution >= 4 is 11.8 Å². The molecule has 0 aromatic heterocycles. The highest BCUT2D eigenvalue weighted by molar-refractivity contribution is 5.87. The fourth-order valence-corrected chi connectivity index (χ4v) is 3.23. The predicted octanol–water partition coefficient (Wildman–Crippen LogP) is 4.53. The molecule has 5 heteroatoms. The van der Waals surface area contributed by atoms with Crippen molar-refractivity contribution < 1.29 is 14.3 Å². The zero-order chi connectivity index (χ0) is 22.6. The molecule has 2 amide bonds. The fraction of sp³-hybridized carbons (Fsp3) is 0.462. The van der Waals surface area contributed by atoms with Gasteiger partial charge in [-0.25, -0.2) is 0 Å². The molecule has 0 saturated carbocycles. The topological polar surface area (TPSA) is 58.6 Å². The Labute approximate surface area is 186 Å². The molecule has 0 bridgehead atoms. The van der Waals surface area contributed by atoms with Gasteiger partial charge in [0.05, 0.1) is 6.61 Å². The van der Waals surface area contributed by atoms with E-state index in [0.29, 0.717) is 32.4 Å². The van der Waals surface area contributed by atoms with Crippen LogP contribution in [-0.2, 0) is 16.0 Å². The van der Waals surface area contributed by atoms with Crippen LogP contribution in [0.15, 0.2) is 54.6 Å². The zero-order valence-electron chi connectivity index (χ0n) is 19.3. The molecule has 0 unspecified atom stereocenters. The summed E-state index contributed by atoms with van der Waals surface area (Å²) in [5.41, 5.74) is 2.33. The van der Waals surface area contributed by atoms with Gasteiger partial charge < -0.3 is 15.0 Å². The van der Waals surface area contributed by atoms with Gasteiger partial charge in [-0.3, -0.25) is 9.59 Å². The van der Waals surface area contributed by atoms with Gasteiger partial charge in [-0.15, -0.1) is 0 Å². The highest BCUT2D eigenvalue weighted by atomic mass is 16.5. The lowest BCUT2D eigenvalue weighted by molar-refractivity contribution is -0.140. The van der Waals surface area contributed by atoms with E-state index in [2.05, 4.69) is 5.32 Å². The third-order valence-electron chi connectivity index (χ3n) is 5.48. The minimum Gasteiger partial charge on any atom is -0.494 e. The van der Waals surface area contributed by atoms with E-state index in [4.69, 9.17) is 4.74 Å². The Balaban J connectivity index is 1.93. The van der Waals surface area contributed by atoms with Crippen molar-refractivity contribution in [1.29, 1.82) is 0 Å². The normalized spacial score (nSPS) is 12.6. The van der Waals surface area contributed by atoms with Crippen LogP contribution in [0.1, 0.15) is 51.2 Å². The smallest absolute Gasteiger partial charge is 0.242 e. The van der Waals surface area contributed by atoms with E-state index in [-0.39, 0.29) is 17.9 Å². The highest BCUT2D eigenvalue weighted by Crippen LogP contribution is 2.13. The molecule has 168 valence electrons. The van der Waals surface area contributed by atoms with Crippen molar-refractivity contribution in [3.8, 4) is 5.75 Å². The van der Waals surface area contributed by atoms with Crippen molar-refractivity contribution in [3.05, 3.63) is 65.7 Å². The molecular formula is C26H36N2O3. The molecule has 2 aromatic rings. The van der Waals surface area contributed by atoms with E-state index in [1.165, 1.54) is 5.56 Å². The summed E-state index contributed by atoms with van der Waals surface area (Å²) in [6, 6.07) is 17.5. The number of hydrogen-bond acceptors (Lipinski definition) is 3. The highest BCUT2D eigenvalue weighted by Gasteiger charge is 2.26. The number of carbonyl (C=O) groups excluding carboxylic acids is 2. The molecule has 2 aromatic carbocycles. The number of benzene rings is 2. The molecule has 0 saturated heterocycles. The molecule has 0 radical (unpaired) electrons. The second kappa shape index (κ2) is 12.8. The minimum atomic E-state index is -0.511. The summed E-state index contributed by atoms with van der Waals surface area (Å²) in [6.07, 6.45) is 2.52. The van der Waals surface area contributed by atoms with E-state index in [1.807, 2.05) is 82.3 Å². The van der Waals surface area contributed by atoms with E-state index < -0.39 is 6.04 Å². The van der Waals surface area contributed by atoms with Crippen molar-refractivity contribution in [2.75, 3.05) is 13.2 Å². The van der Waals surface area contributed by atoms with Crippen molar-refractivity contribution in [3.63, 3.8) is 0 Å². The van der Waals surface area contributed by atoms with E-state index >= 15 is 0 Å². The first-order chi connectivity index (χ1) is 14.9. The van der Waals surface area contributed by atoms with Crippen molar-refractivity contribution in [2.45, 2.75) is 65.5 Å². The van der Waals surface area contributed by atoms with Crippen molar-refractivity contribution in [2.24, 2.45) is 0 Å². The quantitative estimate of drug-likeness (QED) is 0.509. The van der Waals surface area contributed by atoms with Crippen LogP contribution in [0.4, 0.5) is 0 Å². The van der Waals surface area contributed by atoms with Crippen LogP contribution < -0.4 is 10.1 Å². The van der Waals surface area contributed by atoms with Crippen LogP contribution in [-0.4, -0.2) is 41.9 Å². The third kappa shape index (κ3) is 8.44. The Bertz CT molecular complexity index is 805. The van der Waals surface area contributed by atoms with Crippen molar-refractivity contribution in [1.82, 2.24) is 10.2 Å². The average molecular weight is 425 g/mol. The number of carbonyl (C=O) groups is 2. The van der Waals surface area contributed by atoms with Gasteiger partial charge in [-0.2, -0.15) is 0 Å². The van der Waals surface area contributed by atoms with Crippen LogP contribution in [0, 0.1) is 6.92 Å². The first-order valence-electron chi connectivity index (χ1n) is 11.2. The fourth-order valence-electron chi connectivity index (χ4n) is 3.23. The number of nitrogens with one attached hydrogen (secondary N) is 1. The summed E-state index contributed by atoms with van der Waals surface area (Å²) in [5.74, 6) is 0.683. The number of ether oxygens (including phenoxy) is 1. The van der Waals surface area contributed by atoms with Gasteiger partial charge in [0.15, 0.2) is 0 Å². The molecule has 0 aliphatic carbocycles. The SMILES string of the molecule is CC[C@@H](C)NC(=O)[C@@H](C)N(CCc1ccccc1)C(=O)CCCOc1ccc(C)cc1. The molecule has 0 aliphatic rings. The second-order valence-corrected chi connectivity index (χ2v) is 8.08. The standard InChI is InChI=1S/C26H36N2O3/c1-5-21(3)27-26(30)22(4)28(18-17-23-10-7-6-8-11-23)25(29)12-9-19-31-24-15-13-20(2)14-16-24/h6-8,10-11,13-16,21-22H,5,9,12,17-19H2,1-4H3,(H,27,30)/t21-,22-/m1/s1. The Kier molecular flexibility index (Phi) is 10.1. The number of aryl methyl sites for hydroxylation is 1. The van der Waals surface area contributed by atoms with Gasteiger partial charge in [0.2, 0.25) is 11.8 Å². The van der Waals surface area contributed by atoms with Crippen LogP contribution in [0.3, 0.4) is 0 Å². The molecule has 0 spiro atoms. The van der Waals surface area contributed by atoms with Crippen LogP contribution in [0.25, 0.3) is 0 Å². The minimum absolute atomic E-state index is 0.0183. The molecule has 0 aliphatic heterocycles. The van der Waals surface area contributed by atoms with E-state index in [9.17, 15) is 9.59 Å². The lowest BCUT2D eigenvalue weighted by atomic mass is 10.1. The maximum Gasteiger partial charge on any atom is 0.242 e. The molecule has 0 heterocycles. The van der Waals surface area contributed by atoms with Gasteiger partial charge in [0.25, 0.3) is 0 Å². The first-order valence-corrected chi connectivity index (χ1v) is 11.2. The van der Waals surface area contributed by atoms with Gasteiger partial charge in [0.1, 0.15) is 11.8 Å². The van der Waals surface area contributed by atoms with E-state index in [1.54, 1.807) is 4.90 Å². The predicted molar refractivity (Wildman–Crippen MR) is 125 cm³/mol. The third-order valence-corrected chi connectivity index (χ3v) is 5.48. The number of rotatable bonds is 12. The molecule has 0 fully saturated rings. The Morgan fingerprint density at radius 2 is 1.71 bits per heavy atom. The number of nitrogens with zero attached hydrogens (tertiary/aromatic N) is 1. The molecule has 2 rings (SSSR count). The zero-order valence-corrected chi connectivity index (χ0v) is 19.3. The number of amides is 2. The molecular weight excluding hydrogens is 388 g/mol. The van der Waals surface area contributed by atoms with Gasteiger partial charge in [-0.1, -0.05) is 55.0 Å². The Morgan fingerprint density at radius 3 is 2.35 bits per heavy atom. The van der Waals surface area contributed by atoms with Gasteiger partial charge in [-0.05, 0) is 57.7 Å². The second-order valence-electron chi connectivity index (χ2n) is 8.08. The lowest BCUT2D eigenvalue weighted by Gasteiger charge is -2.29. The number of hydrogen-bond donors (Lipinski definition) is 1. The first kappa shape index (κ1) is 24.4. The van der Waals surface area contributed by atoms with Gasteiger partial charge >= 0.3 is 0 Å². The molecule has 1 N–H and O–H groups in total. The molecule has 2 atom stereocenters. The Morgan fingerprint density at radius 1 is 1.03 bits per heavy atom. The van der Waals surface area contributed by atoms with Crippen LogP contribution in [0.2, 0.25) is 0 Å². The summed E-state index contributed by atoms with van der Waals surface area (Å²) < 4.78 is 5.75. The summed E-state index contributed by atoms with van der Waals surface area (Å²) in [7, 11) is 0. The molecule has 5 nitrogen and oxygen atoms in total. The Hall–Kier alpha value is -2.82. The summed E-state index contributed by atoms with van der Waals surface area (Å²) in [6.45, 7) is 8.82. The summed E-state index contributed by atoms with van der Waals surface area (Å²) >= 11 is 0. The lowest BCUT2D eigenvalue weighted by Crippen LogP contribution is -2.50. The summed E-state index contributed by atoms with van der Waals surface area (Å²) in [4.78, 5) is 27.4. The largest absolute Gasteiger partial charge is 0.494 e. The summed E-state index contributed by atoms with van der Waals surface area (Å²) in [5, 5.41) is 3.00. The maximum absolute atomic E-state index is 13.0.